The lowest BCUT2D eigenvalue weighted by Gasteiger charge is -2.14. The van der Waals surface area contributed by atoms with Gasteiger partial charge < -0.3 is 14.6 Å². The van der Waals surface area contributed by atoms with Gasteiger partial charge in [0.15, 0.2) is 0 Å². The minimum Gasteiger partial charge on any atom is -0.497 e. The van der Waals surface area contributed by atoms with Crippen molar-refractivity contribution in [3.8, 4) is 17.1 Å². The average molecular weight is 328 g/mol. The lowest BCUT2D eigenvalue weighted by molar-refractivity contribution is 0.244. The van der Waals surface area contributed by atoms with E-state index in [0.717, 1.165) is 36.7 Å². The Morgan fingerprint density at radius 3 is 2.79 bits per heavy atom. The topological polar surface area (TPSA) is 63.4 Å². The van der Waals surface area contributed by atoms with Gasteiger partial charge in [-0.1, -0.05) is 5.16 Å². The molecule has 2 atom stereocenters. The van der Waals surface area contributed by atoms with E-state index < -0.39 is 0 Å². The fourth-order valence-electron chi connectivity index (χ4n) is 3.32. The van der Waals surface area contributed by atoms with E-state index in [1.165, 1.54) is 12.8 Å². The van der Waals surface area contributed by atoms with Gasteiger partial charge in [-0.15, -0.1) is 0 Å². The standard InChI is InChI=1S/C18H24N4O2/c1-22-11-14(19-10-12-3-4-12)9-16(22)18-20-17(21-24-18)13-5-7-15(23-2)8-6-13/h5-8,12,14,16,19H,3-4,9-11H2,1-2H3/t14-,16-/m0/s1. The smallest absolute Gasteiger partial charge is 0.244 e. The number of benzene rings is 1. The lowest BCUT2D eigenvalue weighted by Crippen LogP contribution is -2.32. The third kappa shape index (κ3) is 3.30. The number of nitrogens with one attached hydrogen (secondary N) is 1. The Hall–Kier alpha value is -1.92. The number of nitrogens with zero attached hydrogens (tertiary/aromatic N) is 3. The normalized spacial score (nSPS) is 24.4. The van der Waals surface area contributed by atoms with Gasteiger partial charge in [-0.25, -0.2) is 0 Å². The number of hydrogen-bond acceptors (Lipinski definition) is 6. The Labute approximate surface area is 142 Å². The molecule has 1 aliphatic carbocycles. The van der Waals surface area contributed by atoms with E-state index in [9.17, 15) is 0 Å². The molecule has 1 aromatic heterocycles. The summed E-state index contributed by atoms with van der Waals surface area (Å²) in [6, 6.07) is 8.42. The van der Waals surface area contributed by atoms with Gasteiger partial charge in [-0.05, 0) is 63.0 Å². The number of hydrogen-bond donors (Lipinski definition) is 1. The predicted molar refractivity (Wildman–Crippen MR) is 90.8 cm³/mol. The van der Waals surface area contributed by atoms with Crippen LogP contribution >= 0.6 is 0 Å². The number of ether oxygens (including phenoxy) is 1. The zero-order chi connectivity index (χ0) is 16.5. The van der Waals surface area contributed by atoms with Crippen molar-refractivity contribution in [2.75, 3.05) is 27.2 Å². The summed E-state index contributed by atoms with van der Waals surface area (Å²) >= 11 is 0. The summed E-state index contributed by atoms with van der Waals surface area (Å²) in [4.78, 5) is 6.92. The van der Waals surface area contributed by atoms with Crippen LogP contribution in [0.5, 0.6) is 5.75 Å². The SMILES string of the molecule is COc1ccc(-c2noc([C@@H]3C[C@H](NCC4CC4)CN3C)n2)cc1. The molecule has 2 fully saturated rings. The quantitative estimate of drug-likeness (QED) is 0.879. The zero-order valence-electron chi connectivity index (χ0n) is 14.2. The summed E-state index contributed by atoms with van der Waals surface area (Å²) in [6.45, 7) is 2.17. The summed E-state index contributed by atoms with van der Waals surface area (Å²) in [7, 11) is 3.78. The van der Waals surface area contributed by atoms with Crippen molar-refractivity contribution < 1.29 is 9.26 Å². The van der Waals surface area contributed by atoms with Crippen molar-refractivity contribution in [1.29, 1.82) is 0 Å². The maximum Gasteiger partial charge on any atom is 0.244 e. The Morgan fingerprint density at radius 1 is 1.29 bits per heavy atom. The number of methoxy groups -OCH3 is 1. The lowest BCUT2D eigenvalue weighted by atomic mass is 10.1. The van der Waals surface area contributed by atoms with Crippen LogP contribution in [0.1, 0.15) is 31.2 Å². The highest BCUT2D eigenvalue weighted by atomic mass is 16.5. The highest BCUT2D eigenvalue weighted by Crippen LogP contribution is 2.32. The molecule has 128 valence electrons. The summed E-state index contributed by atoms with van der Waals surface area (Å²) in [5.74, 6) is 3.07. The molecule has 2 aromatic rings. The Balaban J connectivity index is 1.43. The van der Waals surface area contributed by atoms with Crippen molar-refractivity contribution in [3.63, 3.8) is 0 Å². The molecule has 1 N–H and O–H groups in total. The van der Waals surface area contributed by atoms with Crippen LogP contribution in [-0.4, -0.2) is 48.3 Å². The van der Waals surface area contributed by atoms with Crippen molar-refractivity contribution in [3.05, 3.63) is 30.2 Å². The van der Waals surface area contributed by atoms with Gasteiger partial charge in [0, 0.05) is 18.2 Å². The van der Waals surface area contributed by atoms with Crippen LogP contribution < -0.4 is 10.1 Å². The van der Waals surface area contributed by atoms with Crippen LogP contribution in [0.15, 0.2) is 28.8 Å². The Kier molecular flexibility index (Phi) is 4.24. The van der Waals surface area contributed by atoms with Crippen molar-refractivity contribution in [2.45, 2.75) is 31.3 Å². The first-order valence-corrected chi connectivity index (χ1v) is 8.64. The molecule has 1 aromatic carbocycles. The summed E-state index contributed by atoms with van der Waals surface area (Å²) in [5, 5.41) is 7.84. The molecule has 0 spiro atoms. The van der Waals surface area contributed by atoms with E-state index in [1.54, 1.807) is 7.11 Å². The molecule has 24 heavy (non-hydrogen) atoms. The molecule has 6 heteroatoms. The van der Waals surface area contributed by atoms with Crippen LogP contribution in [0.2, 0.25) is 0 Å². The molecule has 1 saturated heterocycles. The fourth-order valence-corrected chi connectivity index (χ4v) is 3.32. The summed E-state index contributed by atoms with van der Waals surface area (Å²) in [6.07, 6.45) is 3.79. The average Bonchev–Trinajstić information content (AvgIpc) is 3.18. The number of likely N-dealkylation sites (tertiary alicyclic amines) is 1. The second-order valence-electron chi connectivity index (χ2n) is 6.92. The molecule has 0 unspecified atom stereocenters. The van der Waals surface area contributed by atoms with Crippen LogP contribution in [0.25, 0.3) is 11.4 Å². The van der Waals surface area contributed by atoms with E-state index in [-0.39, 0.29) is 6.04 Å². The Morgan fingerprint density at radius 2 is 2.08 bits per heavy atom. The third-order valence-corrected chi connectivity index (χ3v) is 5.02. The summed E-state index contributed by atoms with van der Waals surface area (Å²) in [5.41, 5.74) is 0.940. The summed E-state index contributed by atoms with van der Waals surface area (Å²) < 4.78 is 10.7. The molecular weight excluding hydrogens is 304 g/mol. The fraction of sp³-hybridized carbons (Fsp3) is 0.556. The predicted octanol–water partition coefficient (Wildman–Crippen LogP) is 2.49. The molecule has 0 bridgehead atoms. The number of aromatic nitrogens is 2. The highest BCUT2D eigenvalue weighted by Gasteiger charge is 2.35. The van der Waals surface area contributed by atoms with Gasteiger partial charge >= 0.3 is 0 Å². The first kappa shape index (κ1) is 15.6. The van der Waals surface area contributed by atoms with E-state index in [4.69, 9.17) is 9.26 Å². The minimum atomic E-state index is 0.196. The largest absolute Gasteiger partial charge is 0.497 e. The molecule has 1 saturated carbocycles. The van der Waals surface area contributed by atoms with E-state index in [1.807, 2.05) is 24.3 Å². The van der Waals surface area contributed by atoms with Crippen molar-refractivity contribution in [2.24, 2.45) is 5.92 Å². The van der Waals surface area contributed by atoms with Gasteiger partial charge in [0.2, 0.25) is 11.7 Å². The van der Waals surface area contributed by atoms with Gasteiger partial charge in [0.05, 0.1) is 13.2 Å². The molecule has 6 nitrogen and oxygen atoms in total. The minimum absolute atomic E-state index is 0.196. The van der Waals surface area contributed by atoms with Crippen LogP contribution in [0.3, 0.4) is 0 Å². The van der Waals surface area contributed by atoms with E-state index in [2.05, 4.69) is 27.4 Å². The monoisotopic (exact) mass is 328 g/mol. The van der Waals surface area contributed by atoms with Crippen molar-refractivity contribution in [1.82, 2.24) is 20.4 Å². The van der Waals surface area contributed by atoms with Crippen molar-refractivity contribution >= 4 is 0 Å². The van der Waals surface area contributed by atoms with Crippen LogP contribution in [0.4, 0.5) is 0 Å². The number of rotatable bonds is 6. The highest BCUT2D eigenvalue weighted by molar-refractivity contribution is 5.55. The maximum absolute atomic E-state index is 5.55. The van der Waals surface area contributed by atoms with Gasteiger partial charge in [-0.3, -0.25) is 4.90 Å². The Bertz CT molecular complexity index is 681. The maximum atomic E-state index is 5.55. The molecular formula is C18H24N4O2. The second kappa shape index (κ2) is 6.53. The van der Waals surface area contributed by atoms with Crippen LogP contribution in [-0.2, 0) is 0 Å². The second-order valence-corrected chi connectivity index (χ2v) is 6.92. The van der Waals surface area contributed by atoms with E-state index >= 15 is 0 Å². The first-order valence-electron chi connectivity index (χ1n) is 8.64. The zero-order valence-corrected chi connectivity index (χ0v) is 14.2. The molecule has 2 aliphatic rings. The van der Waals surface area contributed by atoms with Crippen LogP contribution in [0, 0.1) is 5.92 Å². The molecule has 4 rings (SSSR count). The molecule has 2 heterocycles. The molecule has 1 aliphatic heterocycles. The third-order valence-electron chi connectivity index (χ3n) is 5.02. The van der Waals surface area contributed by atoms with Gasteiger partial charge in [-0.2, -0.15) is 4.98 Å². The van der Waals surface area contributed by atoms with Gasteiger partial charge in [0.1, 0.15) is 5.75 Å². The van der Waals surface area contributed by atoms with Gasteiger partial charge in [0.25, 0.3) is 0 Å². The molecule has 0 radical (unpaired) electrons. The molecule has 0 amide bonds. The number of likely N-dealkylation sites (N-methyl/N-ethyl adjacent to an activating group) is 1. The van der Waals surface area contributed by atoms with E-state index in [0.29, 0.717) is 17.8 Å². The first-order chi connectivity index (χ1) is 11.7.